The fourth-order valence-corrected chi connectivity index (χ4v) is 3.57. The van der Waals surface area contributed by atoms with Gasteiger partial charge in [-0.05, 0) is 30.8 Å². The van der Waals surface area contributed by atoms with E-state index in [-0.39, 0.29) is 24.5 Å². The minimum absolute atomic E-state index is 0.0363. The van der Waals surface area contributed by atoms with Crippen molar-refractivity contribution in [2.75, 3.05) is 17.8 Å². The smallest absolute Gasteiger partial charge is 0.326 e. The first kappa shape index (κ1) is 28.8. The number of H-pyrrole nitrogens is 1. The van der Waals surface area contributed by atoms with Crippen LogP contribution < -0.4 is 21.7 Å². The summed E-state index contributed by atoms with van der Waals surface area (Å²) in [7, 11) is 0. The molecule has 7 N–H and O–H groups in total. The fraction of sp³-hybridized carbons (Fsp3) is 0.650. The van der Waals surface area contributed by atoms with Gasteiger partial charge in [-0.25, -0.2) is 9.78 Å². The van der Waals surface area contributed by atoms with E-state index in [1.807, 2.05) is 20.1 Å². The van der Waals surface area contributed by atoms with Crippen molar-refractivity contribution in [3.05, 3.63) is 18.2 Å². The molecule has 1 rings (SSSR count). The van der Waals surface area contributed by atoms with Gasteiger partial charge in [-0.1, -0.05) is 13.8 Å². The van der Waals surface area contributed by atoms with E-state index >= 15 is 0 Å². The summed E-state index contributed by atoms with van der Waals surface area (Å²) < 4.78 is 0. The predicted molar refractivity (Wildman–Crippen MR) is 130 cm³/mol. The van der Waals surface area contributed by atoms with E-state index in [0.29, 0.717) is 17.9 Å². The van der Waals surface area contributed by atoms with E-state index in [9.17, 15) is 24.3 Å². The number of thioether (sulfide) groups is 1. The number of amides is 3. The molecule has 0 spiro atoms. The summed E-state index contributed by atoms with van der Waals surface area (Å²) >= 11 is 5.50. The van der Waals surface area contributed by atoms with E-state index < -0.39 is 47.9 Å². The normalized spacial score (nSPS) is 14.7. The van der Waals surface area contributed by atoms with Gasteiger partial charge in [-0.3, -0.25) is 14.4 Å². The van der Waals surface area contributed by atoms with E-state index in [4.69, 9.17) is 5.73 Å². The van der Waals surface area contributed by atoms with Gasteiger partial charge < -0.3 is 31.8 Å². The maximum atomic E-state index is 13.0. The Morgan fingerprint density at radius 3 is 2.24 bits per heavy atom. The van der Waals surface area contributed by atoms with Gasteiger partial charge in [-0.2, -0.15) is 24.4 Å². The Hall–Kier alpha value is -2.25. The first-order valence-electron chi connectivity index (χ1n) is 10.6. The number of imidazole rings is 1. The lowest BCUT2D eigenvalue weighted by Crippen LogP contribution is -2.58. The molecule has 0 aliphatic rings. The molecule has 11 nitrogen and oxygen atoms in total. The second kappa shape index (κ2) is 14.8. The number of carboxylic acid groups (broad SMARTS) is 1. The number of hydrogen-bond acceptors (Lipinski definition) is 8. The van der Waals surface area contributed by atoms with Crippen LogP contribution in [0.25, 0.3) is 0 Å². The number of nitrogens with one attached hydrogen (secondary N) is 4. The first-order chi connectivity index (χ1) is 15.6. The zero-order valence-corrected chi connectivity index (χ0v) is 20.7. The molecule has 33 heavy (non-hydrogen) atoms. The number of aliphatic carboxylic acids is 1. The van der Waals surface area contributed by atoms with Gasteiger partial charge in [0.2, 0.25) is 17.7 Å². The molecule has 4 unspecified atom stereocenters. The number of carbonyl (C=O) groups is 4. The Bertz CT molecular complexity index is 777. The molecule has 0 saturated carbocycles. The van der Waals surface area contributed by atoms with Crippen LogP contribution in [0.15, 0.2) is 12.5 Å². The van der Waals surface area contributed by atoms with Crippen LogP contribution >= 0.6 is 24.4 Å². The van der Waals surface area contributed by atoms with Gasteiger partial charge >= 0.3 is 5.97 Å². The monoisotopic (exact) mass is 502 g/mol. The molecule has 3 amide bonds. The molecule has 0 aliphatic heterocycles. The van der Waals surface area contributed by atoms with E-state index in [1.54, 1.807) is 0 Å². The molecule has 0 bridgehead atoms. The molecule has 1 aromatic rings. The van der Waals surface area contributed by atoms with Crippen LogP contribution in [0, 0.1) is 5.92 Å². The van der Waals surface area contributed by atoms with Gasteiger partial charge in [-0.15, -0.1) is 0 Å². The Morgan fingerprint density at radius 1 is 1.12 bits per heavy atom. The molecule has 186 valence electrons. The molecule has 0 aromatic carbocycles. The maximum Gasteiger partial charge on any atom is 0.326 e. The highest BCUT2D eigenvalue weighted by atomic mass is 32.2. The largest absolute Gasteiger partial charge is 0.480 e. The molecule has 13 heteroatoms. The van der Waals surface area contributed by atoms with E-state index in [2.05, 4.69) is 38.5 Å². The Morgan fingerprint density at radius 2 is 1.73 bits per heavy atom. The summed E-state index contributed by atoms with van der Waals surface area (Å²) in [6.45, 7) is 3.70. The zero-order chi connectivity index (χ0) is 25.0. The van der Waals surface area contributed by atoms with Gasteiger partial charge in [0.05, 0.1) is 12.4 Å². The zero-order valence-electron chi connectivity index (χ0n) is 19.0. The number of nitrogens with two attached hydrogens (primary N) is 1. The van der Waals surface area contributed by atoms with Crippen molar-refractivity contribution in [1.29, 1.82) is 0 Å². The Labute approximate surface area is 203 Å². The summed E-state index contributed by atoms with van der Waals surface area (Å²) in [6.07, 6.45) is 5.43. The van der Waals surface area contributed by atoms with E-state index in [1.165, 1.54) is 24.3 Å². The summed E-state index contributed by atoms with van der Waals surface area (Å²) in [6, 6.07) is -3.98. The minimum atomic E-state index is -1.16. The first-order valence-corrected chi connectivity index (χ1v) is 12.6. The second-order valence-corrected chi connectivity index (χ2v) is 9.35. The minimum Gasteiger partial charge on any atom is -0.480 e. The lowest BCUT2D eigenvalue weighted by molar-refractivity contribution is -0.142. The predicted octanol–water partition coefficient (Wildman–Crippen LogP) is -0.452. The quantitative estimate of drug-likeness (QED) is 0.158. The number of hydrogen-bond donors (Lipinski definition) is 7. The highest BCUT2D eigenvalue weighted by Gasteiger charge is 2.30. The number of aromatic nitrogens is 2. The van der Waals surface area contributed by atoms with Crippen molar-refractivity contribution in [2.45, 2.75) is 57.3 Å². The van der Waals surface area contributed by atoms with Crippen molar-refractivity contribution in [2.24, 2.45) is 11.7 Å². The number of rotatable bonds is 15. The van der Waals surface area contributed by atoms with Gasteiger partial charge in [0.1, 0.15) is 18.1 Å². The standard InChI is InChI=1S/C20H34N6O5S2/c1-11(2)6-16(20(30)31)26-19(29)15(7-12-8-22-10-23-12)25-18(28)14(4-5-33-3)24-17(27)13(21)9-32/h8,10-11,13-16,32H,4-7,9,21H2,1-3H3,(H,22,23)(H,24,27)(H,25,28)(H,26,29)(H,30,31). The molecule has 0 radical (unpaired) electrons. The average Bonchev–Trinajstić information content (AvgIpc) is 3.27. The Kier molecular flexibility index (Phi) is 12.9. The molecule has 4 atom stereocenters. The number of aromatic amines is 1. The topological polar surface area (TPSA) is 179 Å². The van der Waals surface area contributed by atoms with Crippen LogP contribution in [0.2, 0.25) is 0 Å². The SMILES string of the molecule is CSCCC(NC(=O)C(N)CS)C(=O)NC(Cc1cnc[nH]1)C(=O)NC(CC(C)C)C(=O)O. The van der Waals surface area contributed by atoms with Crippen LogP contribution in [0.4, 0.5) is 0 Å². The van der Waals surface area contributed by atoms with Gasteiger partial charge in [0.15, 0.2) is 0 Å². The lowest BCUT2D eigenvalue weighted by Gasteiger charge is -2.25. The summed E-state index contributed by atoms with van der Waals surface area (Å²) in [5.41, 5.74) is 6.28. The molecular weight excluding hydrogens is 468 g/mol. The fourth-order valence-electron chi connectivity index (χ4n) is 2.93. The number of carbonyl (C=O) groups excluding carboxylic acids is 3. The molecule has 0 fully saturated rings. The Balaban J connectivity index is 3.03. The summed E-state index contributed by atoms with van der Waals surface area (Å²) in [5, 5.41) is 17.2. The lowest BCUT2D eigenvalue weighted by atomic mass is 10.0. The third kappa shape index (κ3) is 10.5. The second-order valence-electron chi connectivity index (χ2n) is 8.00. The van der Waals surface area contributed by atoms with Crippen LogP contribution in [-0.2, 0) is 25.6 Å². The maximum absolute atomic E-state index is 13.0. The van der Waals surface area contributed by atoms with Gasteiger partial charge in [0.25, 0.3) is 0 Å². The van der Waals surface area contributed by atoms with Crippen LogP contribution in [0.5, 0.6) is 0 Å². The summed E-state index contributed by atoms with van der Waals surface area (Å²) in [4.78, 5) is 56.6. The highest BCUT2D eigenvalue weighted by Crippen LogP contribution is 2.08. The average molecular weight is 503 g/mol. The van der Waals surface area contributed by atoms with E-state index in [0.717, 1.165) is 0 Å². The van der Waals surface area contributed by atoms with Crippen molar-refractivity contribution in [3.8, 4) is 0 Å². The van der Waals surface area contributed by atoms with Crippen LogP contribution in [0.3, 0.4) is 0 Å². The van der Waals surface area contributed by atoms with Gasteiger partial charge in [0, 0.05) is 24.1 Å². The number of nitrogens with zero attached hydrogens (tertiary/aromatic N) is 1. The van der Waals surface area contributed by atoms with Crippen LogP contribution in [-0.4, -0.2) is 80.7 Å². The highest BCUT2D eigenvalue weighted by molar-refractivity contribution is 7.98. The van der Waals surface area contributed by atoms with Crippen molar-refractivity contribution >= 4 is 48.1 Å². The molecular formula is C20H34N6O5S2. The molecule has 0 aliphatic carbocycles. The van der Waals surface area contributed by atoms with Crippen molar-refractivity contribution < 1.29 is 24.3 Å². The summed E-state index contributed by atoms with van der Waals surface area (Å²) in [5.74, 6) is -2.17. The molecule has 1 heterocycles. The molecule has 1 aromatic heterocycles. The third-order valence-electron chi connectivity index (χ3n) is 4.71. The van der Waals surface area contributed by atoms with Crippen LogP contribution in [0.1, 0.15) is 32.4 Å². The number of carboxylic acids is 1. The molecule has 0 saturated heterocycles. The van der Waals surface area contributed by atoms with Crippen molar-refractivity contribution in [1.82, 2.24) is 25.9 Å². The van der Waals surface area contributed by atoms with Crippen molar-refractivity contribution in [3.63, 3.8) is 0 Å². The number of thiol groups is 1. The third-order valence-corrected chi connectivity index (χ3v) is 5.75.